The average Bonchev–Trinajstić information content (AvgIpc) is 2.71. The van der Waals surface area contributed by atoms with Crippen LogP contribution in [-0.2, 0) is 0 Å². The first kappa shape index (κ1) is 14.6. The molecule has 1 aliphatic heterocycles. The van der Waals surface area contributed by atoms with Crippen LogP contribution in [0, 0.1) is 0 Å². The quantitative estimate of drug-likeness (QED) is 0.778. The Morgan fingerprint density at radius 2 is 2.00 bits per heavy atom. The van der Waals surface area contributed by atoms with Gasteiger partial charge in [-0.25, -0.2) is 8.78 Å². The van der Waals surface area contributed by atoms with Crippen LogP contribution in [0.4, 0.5) is 17.6 Å². The molecule has 0 saturated carbocycles. The van der Waals surface area contributed by atoms with Crippen molar-refractivity contribution < 1.29 is 17.6 Å². The number of amidine groups is 1. The van der Waals surface area contributed by atoms with E-state index in [1.54, 1.807) is 0 Å². The third-order valence-corrected chi connectivity index (χ3v) is 4.17. The van der Waals surface area contributed by atoms with E-state index in [4.69, 9.17) is 0 Å². The van der Waals surface area contributed by atoms with Crippen molar-refractivity contribution in [3.8, 4) is 0 Å². The van der Waals surface area contributed by atoms with Gasteiger partial charge in [-0.2, -0.15) is 8.78 Å². The van der Waals surface area contributed by atoms with E-state index in [9.17, 15) is 17.6 Å². The second-order valence-electron chi connectivity index (χ2n) is 4.08. The van der Waals surface area contributed by atoms with E-state index in [1.165, 1.54) is 11.8 Å². The Morgan fingerprint density at radius 1 is 1.41 bits per heavy atom. The van der Waals surface area contributed by atoms with Crippen LogP contribution in [0.3, 0.4) is 0 Å². The zero-order valence-corrected chi connectivity index (χ0v) is 10.6. The van der Waals surface area contributed by atoms with E-state index in [0.717, 1.165) is 18.6 Å². The fourth-order valence-electron chi connectivity index (χ4n) is 1.47. The predicted octanol–water partition coefficient (Wildman–Crippen LogP) is 3.14. The van der Waals surface area contributed by atoms with E-state index in [0.29, 0.717) is 5.17 Å². The molecule has 1 rings (SSSR count). The maximum Gasteiger partial charge on any atom is 0.326 e. The molecule has 1 saturated heterocycles. The van der Waals surface area contributed by atoms with Crippen LogP contribution in [0.15, 0.2) is 4.99 Å². The highest BCUT2D eigenvalue weighted by molar-refractivity contribution is 8.14. The lowest BCUT2D eigenvalue weighted by Crippen LogP contribution is -2.42. The lowest BCUT2D eigenvalue weighted by Gasteiger charge is -2.25. The van der Waals surface area contributed by atoms with Gasteiger partial charge in [-0.05, 0) is 12.8 Å². The third kappa shape index (κ3) is 3.50. The summed E-state index contributed by atoms with van der Waals surface area (Å²) in [5.41, 5.74) is -0.135. The molecule has 7 heteroatoms. The number of thioether (sulfide) groups is 1. The molecule has 0 aliphatic carbocycles. The molecule has 0 unspecified atom stereocenters. The van der Waals surface area contributed by atoms with Gasteiger partial charge in [0.25, 0.3) is 0 Å². The lowest BCUT2D eigenvalue weighted by atomic mass is 9.96. The highest BCUT2D eigenvalue weighted by Crippen LogP contribution is 2.30. The van der Waals surface area contributed by atoms with Crippen molar-refractivity contribution in [2.75, 3.05) is 12.3 Å². The second kappa shape index (κ2) is 5.46. The van der Waals surface area contributed by atoms with Gasteiger partial charge in [-0.1, -0.05) is 25.6 Å². The SMILES string of the molecule is CCC1(CC)CSC(=NCC(F)(F)C(F)F)N1. The van der Waals surface area contributed by atoms with Crippen molar-refractivity contribution in [3.63, 3.8) is 0 Å². The summed E-state index contributed by atoms with van der Waals surface area (Å²) in [5.74, 6) is -3.31. The summed E-state index contributed by atoms with van der Waals surface area (Å²) < 4.78 is 49.2. The number of hydrogen-bond acceptors (Lipinski definition) is 2. The number of alkyl halides is 4. The standard InChI is InChI=1S/C10H16F4N2S/c1-3-9(4-2)6-17-8(16-9)15-5-10(13,14)7(11)12/h7H,3-6H2,1-2H3,(H,15,16). The van der Waals surface area contributed by atoms with Crippen LogP contribution >= 0.6 is 11.8 Å². The summed E-state index contributed by atoms with van der Waals surface area (Å²) in [7, 11) is 0. The summed E-state index contributed by atoms with van der Waals surface area (Å²) in [6.45, 7) is 2.82. The smallest absolute Gasteiger partial charge is 0.326 e. The molecule has 1 N–H and O–H groups in total. The van der Waals surface area contributed by atoms with Crippen molar-refractivity contribution in [1.29, 1.82) is 0 Å². The zero-order chi connectivity index (χ0) is 13.1. The number of nitrogens with one attached hydrogen (secondary N) is 1. The fraction of sp³-hybridized carbons (Fsp3) is 0.900. The molecule has 0 radical (unpaired) electrons. The Morgan fingerprint density at radius 3 is 2.41 bits per heavy atom. The first-order valence-corrected chi connectivity index (χ1v) is 6.45. The molecule has 1 heterocycles. The van der Waals surface area contributed by atoms with Gasteiger partial charge < -0.3 is 5.32 Å². The molecule has 0 amide bonds. The first-order chi connectivity index (χ1) is 7.85. The van der Waals surface area contributed by atoms with Gasteiger partial charge in [0.2, 0.25) is 0 Å². The molecule has 0 aromatic heterocycles. The molecule has 1 aliphatic rings. The van der Waals surface area contributed by atoms with Crippen LogP contribution in [-0.4, -0.2) is 35.4 Å². The Hall–Kier alpha value is -0.460. The lowest BCUT2D eigenvalue weighted by molar-refractivity contribution is -0.119. The first-order valence-electron chi connectivity index (χ1n) is 5.46. The number of hydrogen-bond donors (Lipinski definition) is 1. The summed E-state index contributed by atoms with van der Waals surface area (Å²) in [6.07, 6.45) is -1.97. The number of halogens is 4. The van der Waals surface area contributed by atoms with Crippen molar-refractivity contribution in [2.45, 2.75) is 44.6 Å². The van der Waals surface area contributed by atoms with Gasteiger partial charge in [-0.3, -0.25) is 4.99 Å². The normalized spacial score (nSPS) is 22.2. The molecule has 0 aromatic carbocycles. The van der Waals surface area contributed by atoms with Gasteiger partial charge in [-0.15, -0.1) is 0 Å². The van der Waals surface area contributed by atoms with E-state index in [-0.39, 0.29) is 5.54 Å². The molecule has 0 spiro atoms. The van der Waals surface area contributed by atoms with Crippen LogP contribution in [0.5, 0.6) is 0 Å². The van der Waals surface area contributed by atoms with Gasteiger partial charge >= 0.3 is 12.3 Å². The van der Waals surface area contributed by atoms with E-state index < -0.39 is 18.9 Å². The molecule has 100 valence electrons. The fourth-order valence-corrected chi connectivity index (χ4v) is 2.81. The molecular weight excluding hydrogens is 256 g/mol. The summed E-state index contributed by atoms with van der Waals surface area (Å²) >= 11 is 1.31. The minimum atomic E-state index is -4.04. The van der Waals surface area contributed by atoms with Crippen LogP contribution in [0.2, 0.25) is 0 Å². The second-order valence-corrected chi connectivity index (χ2v) is 5.05. The molecule has 0 atom stereocenters. The number of aliphatic imine (C=N–C) groups is 1. The van der Waals surface area contributed by atoms with Crippen LogP contribution in [0.25, 0.3) is 0 Å². The molecule has 2 nitrogen and oxygen atoms in total. The van der Waals surface area contributed by atoms with Crippen molar-refractivity contribution in [3.05, 3.63) is 0 Å². The van der Waals surface area contributed by atoms with E-state index >= 15 is 0 Å². The monoisotopic (exact) mass is 272 g/mol. The highest BCUT2D eigenvalue weighted by Gasteiger charge is 2.41. The Labute approximate surface area is 102 Å². The summed E-state index contributed by atoms with van der Waals surface area (Å²) in [4.78, 5) is 3.55. The highest BCUT2D eigenvalue weighted by atomic mass is 32.2. The number of nitrogens with zero attached hydrogens (tertiary/aromatic N) is 1. The molecular formula is C10H16F4N2S. The topological polar surface area (TPSA) is 24.4 Å². The average molecular weight is 272 g/mol. The van der Waals surface area contributed by atoms with Gasteiger partial charge in [0, 0.05) is 11.3 Å². The summed E-state index contributed by atoms with van der Waals surface area (Å²) in [6, 6.07) is 0. The van der Waals surface area contributed by atoms with E-state index in [1.807, 2.05) is 13.8 Å². The Balaban J connectivity index is 2.60. The maximum atomic E-state index is 12.7. The maximum absolute atomic E-state index is 12.7. The Bertz CT molecular complexity index is 290. The minimum Gasteiger partial charge on any atom is -0.359 e. The van der Waals surface area contributed by atoms with Crippen molar-refractivity contribution in [1.82, 2.24) is 5.32 Å². The summed E-state index contributed by atoms with van der Waals surface area (Å²) in [5, 5.41) is 3.39. The zero-order valence-electron chi connectivity index (χ0n) is 9.77. The predicted molar refractivity (Wildman–Crippen MR) is 62.2 cm³/mol. The van der Waals surface area contributed by atoms with Gasteiger partial charge in [0.1, 0.15) is 6.54 Å². The van der Waals surface area contributed by atoms with Crippen molar-refractivity contribution in [2.24, 2.45) is 4.99 Å². The largest absolute Gasteiger partial charge is 0.359 e. The molecule has 0 bridgehead atoms. The van der Waals surface area contributed by atoms with Gasteiger partial charge in [0.15, 0.2) is 5.17 Å². The third-order valence-electron chi connectivity index (χ3n) is 2.96. The van der Waals surface area contributed by atoms with E-state index in [2.05, 4.69) is 10.3 Å². The molecule has 1 fully saturated rings. The van der Waals surface area contributed by atoms with Crippen LogP contribution in [0.1, 0.15) is 26.7 Å². The van der Waals surface area contributed by atoms with Gasteiger partial charge in [0.05, 0.1) is 0 Å². The number of rotatable bonds is 5. The molecule has 17 heavy (non-hydrogen) atoms. The molecule has 0 aromatic rings. The Kier molecular flexibility index (Phi) is 4.69. The van der Waals surface area contributed by atoms with Crippen LogP contribution < -0.4 is 5.32 Å². The van der Waals surface area contributed by atoms with Crippen molar-refractivity contribution >= 4 is 16.9 Å². The minimum absolute atomic E-state index is 0.135.